The Hall–Kier alpha value is 0.441. The molecule has 0 radical (unpaired) electrons. The van der Waals surface area contributed by atoms with Gasteiger partial charge in [-0.05, 0) is 0 Å². The van der Waals surface area contributed by atoms with Crippen molar-refractivity contribution in [1.82, 2.24) is 0 Å². The van der Waals surface area contributed by atoms with E-state index in [4.69, 9.17) is 0 Å². The third kappa shape index (κ3) is 2.74. The van der Waals surface area contributed by atoms with Crippen LogP contribution in [0, 0.1) is 0 Å². The summed E-state index contributed by atoms with van der Waals surface area (Å²) in [6.45, 7) is 0. The molecule has 0 saturated heterocycles. The first kappa shape index (κ1) is 10.5. The molecule has 0 aromatic rings. The van der Waals surface area contributed by atoms with E-state index in [1.54, 1.807) is 0 Å². The minimum Gasteiger partial charge on any atom is -0.209 e. The molecule has 2 aliphatic rings. The first-order valence-corrected chi connectivity index (χ1v) is 3.99. The predicted molar refractivity (Wildman–Crippen MR) is 42.8 cm³/mol. The molecule has 0 spiro atoms. The molecule has 2 atom stereocenters. The van der Waals surface area contributed by atoms with Gasteiger partial charge in [0.1, 0.15) is 12.4 Å². The van der Waals surface area contributed by atoms with E-state index < -0.39 is 0 Å². The van der Waals surface area contributed by atoms with Crippen molar-refractivity contribution in [2.45, 2.75) is 0 Å². The smallest absolute Gasteiger partial charge is 0.209 e. The molecule has 4 N–H and O–H groups in total. The van der Waals surface area contributed by atoms with Gasteiger partial charge in [-0.15, -0.1) is 10.2 Å². The molecule has 0 saturated carbocycles. The van der Waals surface area contributed by atoms with Crippen LogP contribution in [0.3, 0.4) is 0 Å². The monoisotopic (exact) mass is 190 g/mol. The van der Waals surface area contributed by atoms with Crippen LogP contribution in [-0.2, 0) is 0 Å². The predicted octanol–water partition coefficient (Wildman–Crippen LogP) is -10.1. The van der Waals surface area contributed by atoms with Crippen LogP contribution in [0.2, 0.25) is 0 Å². The fourth-order valence-electron chi connectivity index (χ4n) is 1.44. The average Bonchev–Trinajstić information content (AvgIpc) is 2.60. The van der Waals surface area contributed by atoms with Crippen LogP contribution in [0.25, 0.3) is 0 Å². The van der Waals surface area contributed by atoms with E-state index in [1.807, 2.05) is 24.6 Å². The zero-order valence-electron chi connectivity index (χ0n) is 7.46. The number of hydrogen-bond acceptors (Lipinski definition) is 0. The van der Waals surface area contributed by atoms with Gasteiger partial charge in [-0.2, -0.15) is 0 Å². The Balaban J connectivity index is 0.000000720. The average molecular weight is 190 g/mol. The van der Waals surface area contributed by atoms with Crippen LogP contribution >= 0.6 is 0 Å². The van der Waals surface area contributed by atoms with Crippen molar-refractivity contribution in [3.8, 4) is 0 Å². The molecule has 2 aliphatic heterocycles. The minimum atomic E-state index is -0.139. The molecule has 2 unspecified atom stereocenters. The maximum atomic E-state index is 3.21. The van der Waals surface area contributed by atoms with E-state index in [-0.39, 0.29) is 58.9 Å². The Morgan fingerprint density at radius 1 is 0.917 bits per heavy atom. The molecule has 0 fully saturated rings. The van der Waals surface area contributed by atoms with Crippen LogP contribution in [0.5, 0.6) is 0 Å². The molecule has 0 aromatic heterocycles. The first-order valence-electron chi connectivity index (χ1n) is 3.99. The summed E-state index contributed by atoms with van der Waals surface area (Å²) in [4.78, 5) is 2.74. The van der Waals surface area contributed by atoms with Crippen LogP contribution in [0.15, 0.2) is 24.6 Å². The van der Waals surface area contributed by atoms with Crippen LogP contribution in [0.1, 0.15) is 0 Å². The van der Waals surface area contributed by atoms with Crippen molar-refractivity contribution in [1.29, 1.82) is 0 Å². The number of rotatable bonds is 2. The van der Waals surface area contributed by atoms with Crippen molar-refractivity contribution >= 4 is 20.0 Å². The number of quaternary nitrogens is 2. The third-order valence-electron chi connectivity index (χ3n) is 2.05. The summed E-state index contributed by atoms with van der Waals surface area (Å²) in [5.41, 5.74) is 0. The van der Waals surface area contributed by atoms with Crippen molar-refractivity contribution in [2.24, 2.45) is 0 Å². The summed E-state index contributed by atoms with van der Waals surface area (Å²) < 4.78 is 0. The van der Waals surface area contributed by atoms with E-state index >= 15 is 0 Å². The van der Waals surface area contributed by atoms with Crippen molar-refractivity contribution in [3.63, 3.8) is 0 Å². The number of allylic oxidation sites excluding steroid dienone is 2. The Kier molecular flexibility index (Phi) is 4.59. The van der Waals surface area contributed by atoms with Crippen molar-refractivity contribution in [3.05, 3.63) is 24.6 Å². The topological polar surface area (TPSA) is 36.8 Å². The largest absolute Gasteiger partial charge is 1.00 e. The SMILES string of the molecule is [BH2-]([NH+]1C=CC=[NH+]1)[NH+]1C=CC=[NH+]1.[K+]. The molecule has 4 nitrogen and oxygen atoms in total. The normalized spacial score (nSPS) is 29.7. The molecule has 0 bridgehead atoms. The van der Waals surface area contributed by atoms with E-state index in [9.17, 15) is 0 Å². The fourth-order valence-corrected chi connectivity index (χ4v) is 1.44. The zero-order valence-corrected chi connectivity index (χ0v) is 10.6. The standard InChI is InChI=1S/C6H12BN4.K/c1-3-8-10(5-1)7-11-6-2-4-9-11;/h1-6,8-11H,7H2;/q+3;+1. The van der Waals surface area contributed by atoms with Gasteiger partial charge in [-0.1, -0.05) is 0 Å². The van der Waals surface area contributed by atoms with Gasteiger partial charge in [0.15, 0.2) is 0 Å². The second kappa shape index (κ2) is 5.23. The van der Waals surface area contributed by atoms with Crippen molar-refractivity contribution in [2.75, 3.05) is 0 Å². The molecular formula is C6H12BKN4+4. The summed E-state index contributed by atoms with van der Waals surface area (Å²) >= 11 is 0. The number of nitrogens with one attached hydrogen (secondary N) is 4. The second-order valence-electron chi connectivity index (χ2n) is 2.96. The Morgan fingerprint density at radius 2 is 1.42 bits per heavy atom. The Labute approximate surface area is 114 Å². The molecule has 12 heavy (non-hydrogen) atoms. The molecular weight excluding hydrogens is 178 g/mol. The summed E-state index contributed by atoms with van der Waals surface area (Å²) in [7, 11) is -0.139. The second-order valence-corrected chi connectivity index (χ2v) is 2.96. The Morgan fingerprint density at radius 3 is 1.75 bits per heavy atom. The summed E-state index contributed by atoms with van der Waals surface area (Å²) in [5.74, 6) is 0. The Bertz CT molecular complexity index is 210. The van der Waals surface area contributed by atoms with Gasteiger partial charge in [-0.3, -0.25) is 0 Å². The molecule has 6 heteroatoms. The van der Waals surface area contributed by atoms with Gasteiger partial charge in [0.2, 0.25) is 12.4 Å². The van der Waals surface area contributed by atoms with Crippen molar-refractivity contribution < 1.29 is 71.4 Å². The van der Waals surface area contributed by atoms with Gasteiger partial charge >= 0.3 is 58.9 Å². The summed E-state index contributed by atoms with van der Waals surface area (Å²) in [6.07, 6.45) is 12.3. The fraction of sp³-hybridized carbons (Fsp3) is 0. The molecule has 0 aliphatic carbocycles. The van der Waals surface area contributed by atoms with Gasteiger partial charge in [0, 0.05) is 0 Å². The maximum Gasteiger partial charge on any atom is 1.00 e. The first-order chi connectivity index (χ1) is 5.45. The number of hydrogen-bond donors (Lipinski definition) is 4. The van der Waals surface area contributed by atoms with Gasteiger partial charge < -0.3 is 0 Å². The molecule has 2 heterocycles. The van der Waals surface area contributed by atoms with Crippen LogP contribution < -0.4 is 71.4 Å². The van der Waals surface area contributed by atoms with E-state index in [0.717, 1.165) is 0 Å². The summed E-state index contributed by atoms with van der Waals surface area (Å²) in [6, 6.07) is 0. The third-order valence-corrected chi connectivity index (χ3v) is 2.05. The van der Waals surface area contributed by atoms with Gasteiger partial charge in [0.05, 0.1) is 12.2 Å². The molecule has 2 rings (SSSR count). The van der Waals surface area contributed by atoms with E-state index in [1.165, 1.54) is 9.84 Å². The quantitative estimate of drug-likeness (QED) is 0.312. The van der Waals surface area contributed by atoms with Crippen LogP contribution in [0.4, 0.5) is 0 Å². The molecule has 56 valence electrons. The minimum absolute atomic E-state index is 0. The maximum absolute atomic E-state index is 3.21. The van der Waals surface area contributed by atoms with E-state index in [0.29, 0.717) is 0 Å². The zero-order chi connectivity index (χ0) is 7.52. The molecule has 0 amide bonds. The van der Waals surface area contributed by atoms with Crippen LogP contribution in [-0.4, -0.2) is 20.0 Å². The van der Waals surface area contributed by atoms with E-state index in [2.05, 4.69) is 22.6 Å². The molecule has 0 aromatic carbocycles. The summed E-state index contributed by atoms with van der Waals surface area (Å²) in [5, 5.41) is 6.42. The van der Waals surface area contributed by atoms with Gasteiger partial charge in [-0.25, -0.2) is 9.84 Å². The van der Waals surface area contributed by atoms with Gasteiger partial charge in [0.25, 0.3) is 0 Å².